The Labute approximate surface area is 84.7 Å². The fourth-order valence-corrected chi connectivity index (χ4v) is 1.70. The van der Waals surface area contributed by atoms with Crippen molar-refractivity contribution in [2.45, 2.75) is 27.2 Å². The quantitative estimate of drug-likeness (QED) is 0.698. The Balaban J connectivity index is 2.46. The summed E-state index contributed by atoms with van der Waals surface area (Å²) in [5.41, 5.74) is 2.08. The van der Waals surface area contributed by atoms with Gasteiger partial charge in [-0.15, -0.1) is 0 Å². The van der Waals surface area contributed by atoms with Crippen LogP contribution in [0.5, 0.6) is 0 Å². The highest BCUT2D eigenvalue weighted by atomic mass is 16.3. The molecule has 0 aliphatic heterocycles. The fourth-order valence-electron chi connectivity index (χ4n) is 1.70. The molecule has 0 saturated heterocycles. The molecule has 1 heteroatoms. The third-order valence-electron chi connectivity index (χ3n) is 2.32. The van der Waals surface area contributed by atoms with E-state index in [-0.39, 0.29) is 0 Å². The smallest absolute Gasteiger partial charge is 0.137 e. The standard InChI is InChI=1S/C13H15O/c1-9(2)7-12-8-11-6-4-5-10(3)13(11)14-12/h4,6,8-9H,7H2,1-3H3. The molecule has 1 aromatic heterocycles. The lowest BCUT2D eigenvalue weighted by atomic mass is 10.1. The van der Waals surface area contributed by atoms with E-state index in [1.54, 1.807) is 0 Å². The van der Waals surface area contributed by atoms with Gasteiger partial charge in [0.15, 0.2) is 0 Å². The number of hydrogen-bond acceptors (Lipinski definition) is 1. The van der Waals surface area contributed by atoms with Gasteiger partial charge in [0.25, 0.3) is 0 Å². The topological polar surface area (TPSA) is 13.1 Å². The number of aryl methyl sites for hydroxylation is 1. The summed E-state index contributed by atoms with van der Waals surface area (Å²) in [6.07, 6.45) is 1.01. The van der Waals surface area contributed by atoms with Gasteiger partial charge >= 0.3 is 0 Å². The molecule has 1 nitrogen and oxygen atoms in total. The highest BCUT2D eigenvalue weighted by molar-refractivity contribution is 5.80. The van der Waals surface area contributed by atoms with Crippen LogP contribution in [-0.2, 0) is 6.42 Å². The molecule has 1 aromatic carbocycles. The molecule has 0 atom stereocenters. The van der Waals surface area contributed by atoms with Crippen molar-refractivity contribution in [2.75, 3.05) is 0 Å². The molecule has 2 aromatic rings. The maximum Gasteiger partial charge on any atom is 0.137 e. The number of furan rings is 1. The van der Waals surface area contributed by atoms with E-state index in [9.17, 15) is 0 Å². The van der Waals surface area contributed by atoms with Crippen LogP contribution in [0.1, 0.15) is 25.2 Å². The molecule has 1 heterocycles. The predicted molar refractivity (Wildman–Crippen MR) is 58.3 cm³/mol. The zero-order valence-electron chi connectivity index (χ0n) is 8.92. The fraction of sp³-hybridized carbons (Fsp3) is 0.385. The second kappa shape index (κ2) is 3.49. The number of rotatable bonds is 2. The second-order valence-corrected chi connectivity index (χ2v) is 4.20. The SMILES string of the molecule is Cc1[c]ccc2cc(CC(C)C)oc12. The summed E-state index contributed by atoms with van der Waals surface area (Å²) < 4.78 is 5.78. The molecule has 73 valence electrons. The number of benzene rings is 1. The minimum atomic E-state index is 0.639. The lowest BCUT2D eigenvalue weighted by Crippen LogP contribution is -1.90. The van der Waals surface area contributed by atoms with Crippen LogP contribution in [0, 0.1) is 18.9 Å². The van der Waals surface area contributed by atoms with Gasteiger partial charge in [-0.2, -0.15) is 0 Å². The van der Waals surface area contributed by atoms with Crippen LogP contribution in [0.3, 0.4) is 0 Å². The molecule has 0 N–H and O–H groups in total. The summed E-state index contributed by atoms with van der Waals surface area (Å²) in [7, 11) is 0. The Morgan fingerprint density at radius 2 is 2.21 bits per heavy atom. The van der Waals surface area contributed by atoms with Crippen molar-refractivity contribution in [1.29, 1.82) is 0 Å². The van der Waals surface area contributed by atoms with E-state index >= 15 is 0 Å². The van der Waals surface area contributed by atoms with E-state index in [4.69, 9.17) is 4.42 Å². The molecule has 0 spiro atoms. The lowest BCUT2D eigenvalue weighted by molar-refractivity contribution is 0.498. The monoisotopic (exact) mass is 187 g/mol. The van der Waals surface area contributed by atoms with Crippen molar-refractivity contribution >= 4 is 11.0 Å². The van der Waals surface area contributed by atoms with Gasteiger partial charge in [-0.25, -0.2) is 0 Å². The van der Waals surface area contributed by atoms with Gasteiger partial charge in [-0.05, 0) is 25.0 Å². The molecule has 0 amide bonds. The molecular weight excluding hydrogens is 172 g/mol. The van der Waals surface area contributed by atoms with Gasteiger partial charge in [0.2, 0.25) is 0 Å². The largest absolute Gasteiger partial charge is 0.461 e. The van der Waals surface area contributed by atoms with E-state index in [1.807, 2.05) is 13.0 Å². The average molecular weight is 187 g/mol. The zero-order valence-corrected chi connectivity index (χ0v) is 8.92. The van der Waals surface area contributed by atoms with Gasteiger partial charge in [-0.3, -0.25) is 0 Å². The van der Waals surface area contributed by atoms with E-state index in [0.717, 1.165) is 23.3 Å². The maximum atomic E-state index is 5.78. The van der Waals surface area contributed by atoms with Gasteiger partial charge in [0, 0.05) is 17.4 Å². The van der Waals surface area contributed by atoms with Crippen LogP contribution in [0.15, 0.2) is 22.6 Å². The third-order valence-corrected chi connectivity index (χ3v) is 2.32. The Bertz CT molecular complexity index is 437. The highest BCUT2D eigenvalue weighted by Crippen LogP contribution is 2.23. The van der Waals surface area contributed by atoms with E-state index in [0.29, 0.717) is 5.92 Å². The average Bonchev–Trinajstić information content (AvgIpc) is 2.47. The first-order valence-corrected chi connectivity index (χ1v) is 5.06. The Kier molecular flexibility index (Phi) is 2.32. The summed E-state index contributed by atoms with van der Waals surface area (Å²) in [5.74, 6) is 1.72. The third kappa shape index (κ3) is 1.67. The molecule has 14 heavy (non-hydrogen) atoms. The van der Waals surface area contributed by atoms with Crippen LogP contribution in [0.4, 0.5) is 0 Å². The van der Waals surface area contributed by atoms with Crippen molar-refractivity contribution in [2.24, 2.45) is 5.92 Å². The second-order valence-electron chi connectivity index (χ2n) is 4.20. The molecule has 0 unspecified atom stereocenters. The summed E-state index contributed by atoms with van der Waals surface area (Å²) in [6.45, 7) is 6.43. The van der Waals surface area contributed by atoms with Crippen LogP contribution in [0.2, 0.25) is 0 Å². The number of fused-ring (bicyclic) bond motifs is 1. The molecule has 0 fully saturated rings. The van der Waals surface area contributed by atoms with Gasteiger partial charge in [0.1, 0.15) is 11.3 Å². The van der Waals surface area contributed by atoms with Gasteiger partial charge < -0.3 is 4.42 Å². The van der Waals surface area contributed by atoms with E-state index in [1.165, 1.54) is 5.39 Å². The maximum absolute atomic E-state index is 5.78. The number of hydrogen-bond donors (Lipinski definition) is 0. The molecule has 0 aliphatic rings. The highest BCUT2D eigenvalue weighted by Gasteiger charge is 2.06. The summed E-state index contributed by atoms with van der Waals surface area (Å²) in [4.78, 5) is 0. The van der Waals surface area contributed by atoms with Crippen molar-refractivity contribution in [1.82, 2.24) is 0 Å². The Morgan fingerprint density at radius 1 is 1.43 bits per heavy atom. The first-order valence-electron chi connectivity index (χ1n) is 5.06. The molecule has 1 radical (unpaired) electrons. The molecule has 0 bridgehead atoms. The summed E-state index contributed by atoms with van der Waals surface area (Å²) in [6, 6.07) is 9.28. The lowest BCUT2D eigenvalue weighted by Gasteiger charge is -1.98. The van der Waals surface area contributed by atoms with Crippen LogP contribution >= 0.6 is 0 Å². The van der Waals surface area contributed by atoms with E-state index < -0.39 is 0 Å². The first-order chi connectivity index (χ1) is 6.66. The Hall–Kier alpha value is -1.24. The van der Waals surface area contributed by atoms with Crippen LogP contribution in [-0.4, -0.2) is 0 Å². The summed E-state index contributed by atoms with van der Waals surface area (Å²) >= 11 is 0. The van der Waals surface area contributed by atoms with Crippen molar-refractivity contribution in [3.63, 3.8) is 0 Å². The summed E-state index contributed by atoms with van der Waals surface area (Å²) in [5, 5.41) is 1.19. The van der Waals surface area contributed by atoms with Gasteiger partial charge in [0.05, 0.1) is 0 Å². The zero-order chi connectivity index (χ0) is 10.1. The van der Waals surface area contributed by atoms with Crippen molar-refractivity contribution in [3.05, 3.63) is 35.6 Å². The van der Waals surface area contributed by atoms with Crippen molar-refractivity contribution < 1.29 is 4.42 Å². The molecular formula is C13H15O. The first kappa shape index (κ1) is 9.32. The van der Waals surface area contributed by atoms with E-state index in [2.05, 4.69) is 32.0 Å². The van der Waals surface area contributed by atoms with Crippen LogP contribution in [0.25, 0.3) is 11.0 Å². The van der Waals surface area contributed by atoms with Gasteiger partial charge in [-0.1, -0.05) is 26.0 Å². The van der Waals surface area contributed by atoms with Crippen LogP contribution < -0.4 is 0 Å². The predicted octanol–water partition coefficient (Wildman–Crippen LogP) is 3.74. The molecule has 0 saturated carbocycles. The minimum Gasteiger partial charge on any atom is -0.461 e. The Morgan fingerprint density at radius 3 is 2.86 bits per heavy atom. The van der Waals surface area contributed by atoms with Crippen molar-refractivity contribution in [3.8, 4) is 0 Å². The normalized spacial score (nSPS) is 11.4. The minimum absolute atomic E-state index is 0.639. The molecule has 2 rings (SSSR count). The molecule has 0 aliphatic carbocycles.